The van der Waals surface area contributed by atoms with E-state index >= 15 is 0 Å². The van der Waals surface area contributed by atoms with Gasteiger partial charge in [0.1, 0.15) is 5.82 Å². The molecule has 0 fully saturated rings. The molecule has 0 saturated heterocycles. The highest BCUT2D eigenvalue weighted by atomic mass is 16.5. The molecule has 0 spiro atoms. The second-order valence-electron chi connectivity index (χ2n) is 3.06. The molecule has 0 atom stereocenters. The summed E-state index contributed by atoms with van der Waals surface area (Å²) in [5.41, 5.74) is 0.221. The Balaban J connectivity index is 2.52. The molecule has 1 rings (SSSR count). The van der Waals surface area contributed by atoms with Crippen LogP contribution < -0.4 is 5.32 Å². The zero-order valence-electron chi connectivity index (χ0n) is 8.99. The minimum Gasteiger partial charge on any atom is -0.464 e. The van der Waals surface area contributed by atoms with E-state index in [1.54, 1.807) is 0 Å². The summed E-state index contributed by atoms with van der Waals surface area (Å²) in [6, 6.07) is 0. The number of hydrogen-bond donors (Lipinski definition) is 1. The van der Waals surface area contributed by atoms with Gasteiger partial charge in [0.25, 0.3) is 0 Å². The Morgan fingerprint density at radius 1 is 1.47 bits per heavy atom. The van der Waals surface area contributed by atoms with Crippen molar-refractivity contribution >= 4 is 11.8 Å². The van der Waals surface area contributed by atoms with Crippen molar-refractivity contribution in [2.75, 3.05) is 19.0 Å². The van der Waals surface area contributed by atoms with Crippen molar-refractivity contribution < 1.29 is 9.53 Å². The standard InChI is InChI=1S/C10H15N3O2/c1-3-4-5-11-9-7-12-8(6-13-9)10(14)15-2/h6-7H,3-5H2,1-2H3,(H,11,13). The Labute approximate surface area is 88.9 Å². The summed E-state index contributed by atoms with van der Waals surface area (Å²) in [6.07, 6.45) is 5.14. The van der Waals surface area contributed by atoms with Gasteiger partial charge < -0.3 is 10.1 Å². The molecule has 82 valence electrons. The Morgan fingerprint density at radius 2 is 2.27 bits per heavy atom. The van der Waals surface area contributed by atoms with Gasteiger partial charge in [-0.1, -0.05) is 13.3 Å². The van der Waals surface area contributed by atoms with E-state index in [0.29, 0.717) is 5.82 Å². The van der Waals surface area contributed by atoms with E-state index < -0.39 is 5.97 Å². The molecule has 1 N–H and O–H groups in total. The number of carbonyl (C=O) groups excluding carboxylic acids is 1. The van der Waals surface area contributed by atoms with Crippen LogP contribution in [0.2, 0.25) is 0 Å². The fraction of sp³-hybridized carbons (Fsp3) is 0.500. The largest absolute Gasteiger partial charge is 0.464 e. The van der Waals surface area contributed by atoms with Crippen molar-refractivity contribution in [1.82, 2.24) is 9.97 Å². The van der Waals surface area contributed by atoms with Gasteiger partial charge in [-0.15, -0.1) is 0 Å². The topological polar surface area (TPSA) is 64.1 Å². The van der Waals surface area contributed by atoms with Crippen molar-refractivity contribution in [3.05, 3.63) is 18.1 Å². The predicted molar refractivity (Wildman–Crippen MR) is 56.8 cm³/mol. The average molecular weight is 209 g/mol. The van der Waals surface area contributed by atoms with E-state index in [0.717, 1.165) is 19.4 Å². The molecule has 0 amide bonds. The number of aromatic nitrogens is 2. The fourth-order valence-corrected chi connectivity index (χ4v) is 1.02. The van der Waals surface area contributed by atoms with Gasteiger partial charge >= 0.3 is 5.97 Å². The zero-order chi connectivity index (χ0) is 11.1. The van der Waals surface area contributed by atoms with Crippen LogP contribution in [0.3, 0.4) is 0 Å². The summed E-state index contributed by atoms with van der Waals surface area (Å²) in [5.74, 6) is 0.207. The minimum atomic E-state index is -0.470. The quantitative estimate of drug-likeness (QED) is 0.587. The van der Waals surface area contributed by atoms with Gasteiger partial charge in [-0.05, 0) is 6.42 Å². The van der Waals surface area contributed by atoms with Crippen molar-refractivity contribution in [3.8, 4) is 0 Å². The summed E-state index contributed by atoms with van der Waals surface area (Å²) >= 11 is 0. The number of nitrogens with one attached hydrogen (secondary N) is 1. The van der Waals surface area contributed by atoms with Crippen LogP contribution >= 0.6 is 0 Å². The third-order valence-electron chi connectivity index (χ3n) is 1.88. The summed E-state index contributed by atoms with van der Waals surface area (Å²) in [4.78, 5) is 19.0. The highest BCUT2D eigenvalue weighted by Gasteiger charge is 2.06. The molecule has 0 bridgehead atoms. The third kappa shape index (κ3) is 3.53. The molecular formula is C10H15N3O2. The lowest BCUT2D eigenvalue weighted by Crippen LogP contribution is -2.07. The van der Waals surface area contributed by atoms with Crippen LogP contribution in [0.25, 0.3) is 0 Å². The summed E-state index contributed by atoms with van der Waals surface area (Å²) in [5, 5.41) is 3.10. The van der Waals surface area contributed by atoms with Gasteiger partial charge in [0, 0.05) is 6.54 Å². The first kappa shape index (κ1) is 11.4. The Bertz CT molecular complexity index is 311. The number of esters is 1. The van der Waals surface area contributed by atoms with Crippen molar-refractivity contribution in [2.24, 2.45) is 0 Å². The lowest BCUT2D eigenvalue weighted by molar-refractivity contribution is 0.0593. The van der Waals surface area contributed by atoms with E-state index in [-0.39, 0.29) is 5.69 Å². The number of methoxy groups -OCH3 is 1. The first-order valence-electron chi connectivity index (χ1n) is 4.92. The number of carbonyl (C=O) groups is 1. The molecule has 0 aromatic carbocycles. The second-order valence-corrected chi connectivity index (χ2v) is 3.06. The Hall–Kier alpha value is -1.65. The fourth-order valence-electron chi connectivity index (χ4n) is 1.02. The number of ether oxygens (including phenoxy) is 1. The smallest absolute Gasteiger partial charge is 0.358 e. The highest BCUT2D eigenvalue weighted by Crippen LogP contribution is 2.02. The van der Waals surface area contributed by atoms with Crippen LogP contribution in [0.1, 0.15) is 30.3 Å². The van der Waals surface area contributed by atoms with Crippen LogP contribution in [0.5, 0.6) is 0 Å². The van der Waals surface area contributed by atoms with Crippen LogP contribution in [0.15, 0.2) is 12.4 Å². The molecular weight excluding hydrogens is 194 g/mol. The monoisotopic (exact) mass is 209 g/mol. The van der Waals surface area contributed by atoms with Crippen LogP contribution in [-0.4, -0.2) is 29.6 Å². The molecule has 1 aromatic heterocycles. The van der Waals surface area contributed by atoms with Gasteiger partial charge in [0.05, 0.1) is 19.5 Å². The van der Waals surface area contributed by atoms with Crippen LogP contribution in [0.4, 0.5) is 5.82 Å². The maximum Gasteiger partial charge on any atom is 0.358 e. The molecule has 15 heavy (non-hydrogen) atoms. The highest BCUT2D eigenvalue weighted by molar-refractivity contribution is 5.86. The number of rotatable bonds is 5. The second kappa shape index (κ2) is 5.95. The SMILES string of the molecule is CCCCNc1cnc(C(=O)OC)cn1. The van der Waals surface area contributed by atoms with Crippen LogP contribution in [0, 0.1) is 0 Å². The number of unbranched alkanes of at least 4 members (excludes halogenated alkanes) is 1. The first-order chi connectivity index (χ1) is 7.27. The number of anilines is 1. The van der Waals surface area contributed by atoms with Gasteiger partial charge in [-0.25, -0.2) is 14.8 Å². The van der Waals surface area contributed by atoms with Crippen LogP contribution in [-0.2, 0) is 4.74 Å². The maximum absolute atomic E-state index is 11.0. The van der Waals surface area contributed by atoms with Gasteiger partial charge in [0.15, 0.2) is 5.69 Å². The molecule has 1 aromatic rings. The van der Waals surface area contributed by atoms with E-state index in [1.807, 2.05) is 0 Å². The predicted octanol–water partition coefficient (Wildman–Crippen LogP) is 1.48. The molecule has 0 aliphatic carbocycles. The van der Waals surface area contributed by atoms with Crippen molar-refractivity contribution in [2.45, 2.75) is 19.8 Å². The lowest BCUT2D eigenvalue weighted by atomic mass is 10.3. The molecule has 0 saturated carbocycles. The Kier molecular flexibility index (Phi) is 4.53. The molecule has 0 radical (unpaired) electrons. The summed E-state index contributed by atoms with van der Waals surface area (Å²) < 4.78 is 4.51. The number of nitrogens with zero attached hydrogens (tertiary/aromatic N) is 2. The van der Waals surface area contributed by atoms with E-state index in [2.05, 4.69) is 26.9 Å². The molecule has 0 aliphatic heterocycles. The van der Waals surface area contributed by atoms with E-state index in [9.17, 15) is 4.79 Å². The lowest BCUT2D eigenvalue weighted by Gasteiger charge is -2.03. The summed E-state index contributed by atoms with van der Waals surface area (Å²) in [6.45, 7) is 2.98. The molecule has 1 heterocycles. The third-order valence-corrected chi connectivity index (χ3v) is 1.88. The zero-order valence-corrected chi connectivity index (χ0v) is 8.99. The van der Waals surface area contributed by atoms with E-state index in [4.69, 9.17) is 0 Å². The minimum absolute atomic E-state index is 0.221. The molecule has 5 nitrogen and oxygen atoms in total. The number of hydrogen-bond acceptors (Lipinski definition) is 5. The van der Waals surface area contributed by atoms with Gasteiger partial charge in [-0.2, -0.15) is 0 Å². The molecule has 0 aliphatic rings. The maximum atomic E-state index is 11.0. The Morgan fingerprint density at radius 3 is 2.80 bits per heavy atom. The normalized spacial score (nSPS) is 9.73. The van der Waals surface area contributed by atoms with Crippen molar-refractivity contribution in [1.29, 1.82) is 0 Å². The van der Waals surface area contributed by atoms with Gasteiger partial charge in [0.2, 0.25) is 0 Å². The molecule has 5 heteroatoms. The van der Waals surface area contributed by atoms with Gasteiger partial charge in [-0.3, -0.25) is 0 Å². The average Bonchev–Trinajstić information content (AvgIpc) is 2.29. The summed E-state index contributed by atoms with van der Waals surface area (Å²) in [7, 11) is 1.32. The first-order valence-corrected chi connectivity index (χ1v) is 4.92. The molecule has 0 unspecified atom stereocenters. The van der Waals surface area contributed by atoms with Crippen molar-refractivity contribution in [3.63, 3.8) is 0 Å². The van der Waals surface area contributed by atoms with E-state index in [1.165, 1.54) is 19.5 Å².